The number of aliphatic hydroxyl groups excluding tert-OH is 1. The van der Waals surface area contributed by atoms with Gasteiger partial charge in [-0.1, -0.05) is 23.4 Å². The Bertz CT molecular complexity index is 569. The van der Waals surface area contributed by atoms with Crippen LogP contribution < -0.4 is 0 Å². The zero-order valence-corrected chi connectivity index (χ0v) is 12.0. The first-order chi connectivity index (χ1) is 10.2. The molecule has 0 fully saturated rings. The third kappa shape index (κ3) is 4.10. The van der Waals surface area contributed by atoms with Gasteiger partial charge in [0.1, 0.15) is 6.10 Å². The lowest BCUT2D eigenvalue weighted by Gasteiger charge is -2.12. The van der Waals surface area contributed by atoms with Gasteiger partial charge in [0, 0.05) is 18.8 Å². The number of pyridine rings is 1. The van der Waals surface area contributed by atoms with Crippen LogP contribution in [0.2, 0.25) is 0 Å². The topological polar surface area (TPSA) is 63.8 Å². The van der Waals surface area contributed by atoms with Gasteiger partial charge in [-0.05, 0) is 25.0 Å². The highest BCUT2D eigenvalue weighted by atomic mass is 16.3. The van der Waals surface area contributed by atoms with Crippen molar-refractivity contribution >= 4 is 0 Å². The molecule has 2 aromatic heterocycles. The van der Waals surface area contributed by atoms with Crippen molar-refractivity contribution in [1.82, 2.24) is 20.0 Å². The van der Waals surface area contributed by atoms with Gasteiger partial charge in [-0.25, -0.2) is 4.68 Å². The summed E-state index contributed by atoms with van der Waals surface area (Å²) in [5.41, 5.74) is 1.38. The minimum absolute atomic E-state index is 0.174. The Morgan fingerprint density at radius 2 is 2.00 bits per heavy atom. The quantitative estimate of drug-likeness (QED) is 0.757. The van der Waals surface area contributed by atoms with Gasteiger partial charge in [0.25, 0.3) is 0 Å². The maximum atomic E-state index is 10.2. The molecule has 21 heavy (non-hydrogen) atoms. The maximum absolute atomic E-state index is 10.2. The van der Waals surface area contributed by atoms with Crippen molar-refractivity contribution in [2.45, 2.75) is 31.4 Å². The van der Waals surface area contributed by atoms with Crippen molar-refractivity contribution in [2.75, 3.05) is 0 Å². The molecule has 0 amide bonds. The van der Waals surface area contributed by atoms with Crippen molar-refractivity contribution in [3.8, 4) is 0 Å². The van der Waals surface area contributed by atoms with Gasteiger partial charge in [0.2, 0.25) is 0 Å². The molecule has 110 valence electrons. The zero-order chi connectivity index (χ0) is 15.1. The Labute approximate surface area is 124 Å². The highest BCUT2D eigenvalue weighted by Crippen LogP contribution is 2.18. The minimum Gasteiger partial charge on any atom is -0.386 e. The Morgan fingerprint density at radius 1 is 1.24 bits per heavy atom. The van der Waals surface area contributed by atoms with Crippen molar-refractivity contribution in [3.63, 3.8) is 0 Å². The molecule has 2 rings (SSSR count). The van der Waals surface area contributed by atoms with Crippen LogP contribution in [0.3, 0.4) is 0 Å². The average molecular weight is 284 g/mol. The van der Waals surface area contributed by atoms with Gasteiger partial charge in [0.05, 0.1) is 17.4 Å². The Kier molecular flexibility index (Phi) is 5.40. The molecule has 0 bridgehead atoms. The lowest BCUT2D eigenvalue weighted by molar-refractivity contribution is 0.172. The van der Waals surface area contributed by atoms with Gasteiger partial charge >= 0.3 is 0 Å². The van der Waals surface area contributed by atoms with E-state index in [9.17, 15) is 5.11 Å². The lowest BCUT2D eigenvalue weighted by Crippen LogP contribution is -2.08. The van der Waals surface area contributed by atoms with E-state index in [1.165, 1.54) is 0 Å². The zero-order valence-electron chi connectivity index (χ0n) is 12.0. The molecule has 1 atom stereocenters. The first kappa shape index (κ1) is 15.1. The third-order valence-electron chi connectivity index (χ3n) is 3.24. The molecule has 1 unspecified atom stereocenters. The summed E-state index contributed by atoms with van der Waals surface area (Å²) in [5.74, 6) is 0. The van der Waals surface area contributed by atoms with Crippen LogP contribution in [0.1, 0.15) is 36.4 Å². The molecule has 0 aromatic carbocycles. The van der Waals surface area contributed by atoms with Crippen LogP contribution in [0, 0.1) is 0 Å². The van der Waals surface area contributed by atoms with E-state index < -0.39 is 6.10 Å². The van der Waals surface area contributed by atoms with Gasteiger partial charge in [-0.3, -0.25) is 4.98 Å². The highest BCUT2D eigenvalue weighted by molar-refractivity contribution is 5.09. The van der Waals surface area contributed by atoms with Crippen molar-refractivity contribution in [2.24, 2.45) is 0 Å². The number of allylic oxidation sites excluding steroid dienone is 2. The fourth-order valence-corrected chi connectivity index (χ4v) is 2.16. The van der Waals surface area contributed by atoms with Crippen molar-refractivity contribution in [1.29, 1.82) is 0 Å². The van der Waals surface area contributed by atoms with E-state index in [1.807, 2.05) is 35.2 Å². The summed E-state index contributed by atoms with van der Waals surface area (Å²) in [6.45, 7) is 7.52. The number of rotatable bonds is 8. The van der Waals surface area contributed by atoms with E-state index in [0.717, 1.165) is 18.5 Å². The fraction of sp³-hybridized carbons (Fsp3) is 0.312. The van der Waals surface area contributed by atoms with E-state index in [2.05, 4.69) is 28.5 Å². The molecule has 0 saturated heterocycles. The number of aromatic nitrogens is 4. The molecule has 5 heteroatoms. The summed E-state index contributed by atoms with van der Waals surface area (Å²) in [6, 6.07) is 5.65. The molecule has 0 radical (unpaired) electrons. The standard InChI is InChI=1S/C16H20N4O/c1-3-7-14(8-4-2)20-12-13(18-19-20)11-16(21)15-9-5-6-10-17-15/h3-6,9-10,12,14,16,21H,1-2,7-8,11H2. The smallest absolute Gasteiger partial charge is 0.102 e. The molecular weight excluding hydrogens is 264 g/mol. The molecule has 0 aliphatic carbocycles. The molecule has 0 spiro atoms. The van der Waals surface area contributed by atoms with E-state index in [-0.39, 0.29) is 6.04 Å². The largest absolute Gasteiger partial charge is 0.386 e. The SMILES string of the molecule is C=CCC(CC=C)n1cc(CC(O)c2ccccn2)nn1. The first-order valence-electron chi connectivity index (χ1n) is 6.96. The molecule has 2 aromatic rings. The molecular formula is C16H20N4O. The van der Waals surface area contributed by atoms with E-state index in [4.69, 9.17) is 0 Å². The van der Waals surface area contributed by atoms with E-state index in [1.54, 1.807) is 12.3 Å². The van der Waals surface area contributed by atoms with Gasteiger partial charge in [-0.2, -0.15) is 0 Å². The van der Waals surface area contributed by atoms with Crippen molar-refractivity contribution in [3.05, 3.63) is 67.3 Å². The molecule has 1 N–H and O–H groups in total. The van der Waals surface area contributed by atoms with Crippen LogP contribution in [0.15, 0.2) is 55.9 Å². The number of hydrogen-bond acceptors (Lipinski definition) is 4. The second kappa shape index (κ2) is 7.50. The predicted octanol–water partition coefficient (Wildman–Crippen LogP) is 2.64. The van der Waals surface area contributed by atoms with Crippen LogP contribution in [-0.4, -0.2) is 25.1 Å². The monoisotopic (exact) mass is 284 g/mol. The summed E-state index contributed by atoms with van der Waals surface area (Å²) >= 11 is 0. The average Bonchev–Trinajstić information content (AvgIpc) is 2.96. The van der Waals surface area contributed by atoms with Crippen LogP contribution in [0.4, 0.5) is 0 Å². The van der Waals surface area contributed by atoms with Gasteiger partial charge < -0.3 is 5.11 Å². The van der Waals surface area contributed by atoms with Crippen molar-refractivity contribution < 1.29 is 5.11 Å². The fourth-order valence-electron chi connectivity index (χ4n) is 2.16. The Balaban J connectivity index is 2.05. The van der Waals surface area contributed by atoms with Gasteiger partial charge in [-0.15, -0.1) is 18.3 Å². The highest BCUT2D eigenvalue weighted by Gasteiger charge is 2.14. The first-order valence-corrected chi connectivity index (χ1v) is 6.96. The molecule has 0 saturated carbocycles. The second-order valence-corrected chi connectivity index (χ2v) is 4.87. The van der Waals surface area contributed by atoms with Crippen LogP contribution in [-0.2, 0) is 6.42 Å². The van der Waals surface area contributed by atoms with Crippen LogP contribution in [0.25, 0.3) is 0 Å². The van der Waals surface area contributed by atoms with Crippen LogP contribution >= 0.6 is 0 Å². The van der Waals surface area contributed by atoms with E-state index in [0.29, 0.717) is 12.1 Å². The molecule has 0 aliphatic rings. The van der Waals surface area contributed by atoms with Crippen LogP contribution in [0.5, 0.6) is 0 Å². The molecule has 5 nitrogen and oxygen atoms in total. The predicted molar refractivity (Wildman–Crippen MR) is 81.6 cm³/mol. The maximum Gasteiger partial charge on any atom is 0.102 e. The Morgan fingerprint density at radius 3 is 2.62 bits per heavy atom. The van der Waals surface area contributed by atoms with Gasteiger partial charge in [0.15, 0.2) is 0 Å². The summed E-state index contributed by atoms with van der Waals surface area (Å²) in [7, 11) is 0. The number of nitrogens with zero attached hydrogens (tertiary/aromatic N) is 4. The van der Waals surface area contributed by atoms with E-state index >= 15 is 0 Å². The minimum atomic E-state index is -0.673. The Hall–Kier alpha value is -2.27. The molecule has 0 aliphatic heterocycles. The normalized spacial score (nSPS) is 12.3. The summed E-state index contributed by atoms with van der Waals surface area (Å²) < 4.78 is 1.81. The lowest BCUT2D eigenvalue weighted by atomic mass is 10.1. The number of hydrogen-bond donors (Lipinski definition) is 1. The summed E-state index contributed by atoms with van der Waals surface area (Å²) in [4.78, 5) is 4.14. The second-order valence-electron chi connectivity index (χ2n) is 4.87. The molecule has 2 heterocycles. The summed E-state index contributed by atoms with van der Waals surface area (Å²) in [6.07, 6.45) is 8.58. The summed E-state index contributed by atoms with van der Waals surface area (Å²) in [5, 5.41) is 18.4. The number of aliphatic hydroxyl groups is 1. The third-order valence-corrected chi connectivity index (χ3v) is 3.24.